The van der Waals surface area contributed by atoms with Crippen LogP contribution in [0.2, 0.25) is 0 Å². The molecule has 1 atom stereocenters. The second-order valence-electron chi connectivity index (χ2n) is 4.44. The number of carbonyl (C=O) groups is 1. The van der Waals surface area contributed by atoms with Gasteiger partial charge >= 0.3 is 0 Å². The third-order valence-corrected chi connectivity index (χ3v) is 4.26. The van der Waals surface area contributed by atoms with Crippen molar-refractivity contribution in [3.63, 3.8) is 0 Å². The largest absolute Gasteiger partial charge is 0.396 e. The first-order valence-corrected chi connectivity index (χ1v) is 6.79. The van der Waals surface area contributed by atoms with Gasteiger partial charge in [0.1, 0.15) is 6.04 Å². The van der Waals surface area contributed by atoms with Crippen LogP contribution in [-0.2, 0) is 4.79 Å². The molecule has 2 rings (SSSR count). The van der Waals surface area contributed by atoms with Gasteiger partial charge in [-0.1, -0.05) is 6.07 Å². The zero-order valence-corrected chi connectivity index (χ0v) is 10.5. The predicted octanol–water partition coefficient (Wildman–Crippen LogP) is 0.979. The average Bonchev–Trinajstić information content (AvgIpc) is 2.91. The van der Waals surface area contributed by atoms with E-state index in [1.807, 2.05) is 22.4 Å². The van der Waals surface area contributed by atoms with E-state index in [1.165, 1.54) is 11.3 Å². The van der Waals surface area contributed by atoms with Crippen LogP contribution in [0.15, 0.2) is 17.5 Å². The minimum absolute atomic E-state index is 0.00356. The van der Waals surface area contributed by atoms with Crippen molar-refractivity contribution in [3.05, 3.63) is 22.4 Å². The number of hydrogen-bond donors (Lipinski definition) is 2. The molecule has 1 aliphatic rings. The summed E-state index contributed by atoms with van der Waals surface area (Å²) in [6, 6.07) is 3.28. The highest BCUT2D eigenvalue weighted by Gasteiger charge is 2.27. The Morgan fingerprint density at radius 2 is 2.29 bits per heavy atom. The highest BCUT2D eigenvalue weighted by molar-refractivity contribution is 7.10. The van der Waals surface area contributed by atoms with Crippen molar-refractivity contribution in [3.8, 4) is 0 Å². The van der Waals surface area contributed by atoms with Crippen LogP contribution in [0.4, 0.5) is 0 Å². The highest BCUT2D eigenvalue weighted by Crippen LogP contribution is 2.22. The van der Waals surface area contributed by atoms with Crippen molar-refractivity contribution in [2.45, 2.75) is 18.9 Å². The summed E-state index contributed by atoms with van der Waals surface area (Å²) in [6.45, 7) is 1.64. The molecule has 1 aliphatic heterocycles. The van der Waals surface area contributed by atoms with Gasteiger partial charge in [0.05, 0.1) is 0 Å². The molecule has 0 radical (unpaired) electrons. The number of aliphatic hydroxyl groups excluding tert-OH is 1. The van der Waals surface area contributed by atoms with Gasteiger partial charge in [0.15, 0.2) is 0 Å². The molecule has 94 valence electrons. The zero-order chi connectivity index (χ0) is 12.3. The topological polar surface area (TPSA) is 66.6 Å². The molecule has 0 aliphatic carbocycles. The van der Waals surface area contributed by atoms with Crippen molar-refractivity contribution in [2.24, 2.45) is 11.7 Å². The van der Waals surface area contributed by atoms with Gasteiger partial charge in [-0.25, -0.2) is 0 Å². The van der Waals surface area contributed by atoms with Crippen molar-refractivity contribution in [1.29, 1.82) is 0 Å². The first-order chi connectivity index (χ1) is 8.22. The fourth-order valence-electron chi connectivity index (χ4n) is 2.12. The monoisotopic (exact) mass is 254 g/mol. The molecule has 1 amide bonds. The van der Waals surface area contributed by atoms with Gasteiger partial charge in [-0.05, 0) is 30.2 Å². The van der Waals surface area contributed by atoms with Crippen molar-refractivity contribution >= 4 is 17.2 Å². The standard InChI is InChI=1S/C12H18N2O2S/c13-11(10-2-1-7-17-10)12(16)14-5-3-9(8-15)4-6-14/h1-2,7,9,11,15H,3-6,8,13H2. The van der Waals surface area contributed by atoms with Crippen LogP contribution >= 0.6 is 11.3 Å². The van der Waals surface area contributed by atoms with Gasteiger partial charge in [0.25, 0.3) is 0 Å². The Morgan fingerprint density at radius 1 is 1.59 bits per heavy atom. The summed E-state index contributed by atoms with van der Waals surface area (Å²) in [6.07, 6.45) is 1.75. The molecule has 0 saturated carbocycles. The van der Waals surface area contributed by atoms with Crippen LogP contribution in [-0.4, -0.2) is 35.6 Å². The first-order valence-electron chi connectivity index (χ1n) is 5.91. The number of piperidine rings is 1. The molecule has 1 unspecified atom stereocenters. The molecule has 1 aromatic rings. The number of hydrogen-bond acceptors (Lipinski definition) is 4. The Kier molecular flexibility index (Phi) is 4.15. The van der Waals surface area contributed by atoms with Crippen molar-refractivity contribution in [1.82, 2.24) is 4.90 Å². The van der Waals surface area contributed by atoms with E-state index in [9.17, 15) is 4.79 Å². The fraction of sp³-hybridized carbons (Fsp3) is 0.583. The van der Waals surface area contributed by atoms with Crippen LogP contribution in [0.25, 0.3) is 0 Å². The minimum atomic E-state index is -0.527. The van der Waals surface area contributed by atoms with Crippen molar-refractivity contribution < 1.29 is 9.90 Å². The van der Waals surface area contributed by atoms with E-state index in [0.29, 0.717) is 19.0 Å². The number of thiophene rings is 1. The SMILES string of the molecule is NC(C(=O)N1CCC(CO)CC1)c1cccs1. The molecule has 2 heterocycles. The average molecular weight is 254 g/mol. The molecular formula is C12H18N2O2S. The third-order valence-electron chi connectivity index (χ3n) is 3.30. The van der Waals surface area contributed by atoms with Crippen molar-refractivity contribution in [2.75, 3.05) is 19.7 Å². The summed E-state index contributed by atoms with van der Waals surface area (Å²) in [5.74, 6) is 0.348. The number of rotatable bonds is 3. The summed E-state index contributed by atoms with van der Waals surface area (Å²) in [5, 5.41) is 11.0. The van der Waals surface area contributed by atoms with Crippen LogP contribution < -0.4 is 5.73 Å². The van der Waals surface area contributed by atoms with Gasteiger partial charge in [-0.2, -0.15) is 0 Å². The van der Waals surface area contributed by atoms with Crippen LogP contribution in [0.1, 0.15) is 23.8 Å². The van der Waals surface area contributed by atoms with Gasteiger partial charge < -0.3 is 15.7 Å². The Balaban J connectivity index is 1.93. The maximum Gasteiger partial charge on any atom is 0.244 e. The summed E-state index contributed by atoms with van der Waals surface area (Å²) < 4.78 is 0. The summed E-state index contributed by atoms with van der Waals surface area (Å²) >= 11 is 1.52. The number of carbonyl (C=O) groups excluding carboxylic acids is 1. The Hall–Kier alpha value is -0.910. The molecular weight excluding hydrogens is 236 g/mol. The summed E-state index contributed by atoms with van der Waals surface area (Å²) in [4.78, 5) is 14.9. The Labute approximate surface area is 105 Å². The molecule has 0 aromatic carbocycles. The summed E-state index contributed by atoms with van der Waals surface area (Å²) in [5.41, 5.74) is 5.95. The molecule has 4 nitrogen and oxygen atoms in total. The van der Waals surface area contributed by atoms with E-state index >= 15 is 0 Å². The van der Waals surface area contributed by atoms with E-state index in [2.05, 4.69) is 0 Å². The van der Waals surface area contributed by atoms with Crippen LogP contribution in [0, 0.1) is 5.92 Å². The van der Waals surface area contributed by atoms with E-state index < -0.39 is 6.04 Å². The molecule has 17 heavy (non-hydrogen) atoms. The molecule has 5 heteroatoms. The normalized spacial score (nSPS) is 19.3. The van der Waals surface area contributed by atoms with Crippen LogP contribution in [0.5, 0.6) is 0 Å². The third kappa shape index (κ3) is 2.86. The van der Waals surface area contributed by atoms with E-state index in [1.54, 1.807) is 0 Å². The zero-order valence-electron chi connectivity index (χ0n) is 9.71. The van der Waals surface area contributed by atoms with E-state index in [-0.39, 0.29) is 12.5 Å². The molecule has 0 bridgehead atoms. The van der Waals surface area contributed by atoms with Gasteiger partial charge in [-0.15, -0.1) is 11.3 Å². The Morgan fingerprint density at radius 3 is 2.82 bits per heavy atom. The maximum atomic E-state index is 12.1. The molecule has 3 N–H and O–H groups in total. The van der Waals surface area contributed by atoms with Crippen LogP contribution in [0.3, 0.4) is 0 Å². The Bertz CT molecular complexity index is 359. The quantitative estimate of drug-likeness (QED) is 0.845. The number of nitrogens with two attached hydrogens (primary N) is 1. The number of likely N-dealkylation sites (tertiary alicyclic amines) is 1. The lowest BCUT2D eigenvalue weighted by molar-refractivity contribution is -0.134. The minimum Gasteiger partial charge on any atom is -0.396 e. The fourth-order valence-corrected chi connectivity index (χ4v) is 2.84. The van der Waals surface area contributed by atoms with E-state index in [4.69, 9.17) is 10.8 Å². The number of aliphatic hydroxyl groups is 1. The molecule has 0 spiro atoms. The second-order valence-corrected chi connectivity index (χ2v) is 5.42. The maximum absolute atomic E-state index is 12.1. The second kappa shape index (κ2) is 5.62. The predicted molar refractivity (Wildman–Crippen MR) is 67.6 cm³/mol. The first kappa shape index (κ1) is 12.5. The summed E-state index contributed by atoms with van der Waals surface area (Å²) in [7, 11) is 0. The number of amides is 1. The lowest BCUT2D eigenvalue weighted by Gasteiger charge is -2.32. The lowest BCUT2D eigenvalue weighted by Crippen LogP contribution is -2.43. The highest BCUT2D eigenvalue weighted by atomic mass is 32.1. The molecule has 1 aromatic heterocycles. The lowest BCUT2D eigenvalue weighted by atomic mass is 9.97. The van der Waals surface area contributed by atoms with Gasteiger partial charge in [0.2, 0.25) is 5.91 Å². The molecule has 1 saturated heterocycles. The number of nitrogens with zero attached hydrogens (tertiary/aromatic N) is 1. The van der Waals surface area contributed by atoms with Gasteiger partial charge in [-0.3, -0.25) is 4.79 Å². The smallest absolute Gasteiger partial charge is 0.244 e. The van der Waals surface area contributed by atoms with E-state index in [0.717, 1.165) is 17.7 Å². The molecule has 1 fully saturated rings. The van der Waals surface area contributed by atoms with Gasteiger partial charge in [0, 0.05) is 24.6 Å².